The highest BCUT2D eigenvalue weighted by atomic mass is 79.9. The van der Waals surface area contributed by atoms with E-state index in [0.717, 1.165) is 44.2 Å². The summed E-state index contributed by atoms with van der Waals surface area (Å²) in [5.74, 6) is -1.28. The highest BCUT2D eigenvalue weighted by Gasteiger charge is 2.76. The van der Waals surface area contributed by atoms with Gasteiger partial charge in [0.1, 0.15) is 6.04 Å². The number of thioether (sulfide) groups is 1. The molecule has 4 rings (SSSR count). The monoisotopic (exact) mass is 645 g/mol. The Balaban J connectivity index is 1.72. The minimum Gasteiger partial charge on any atom is -0.396 e. The molecule has 2 bridgehead atoms. The molecule has 41 heavy (non-hydrogen) atoms. The fraction of sp³-hybridized carbons (Fsp3) is 0.594. The molecule has 3 saturated heterocycles. The molecule has 3 unspecified atom stereocenters. The molecule has 6 atom stereocenters. The number of aliphatic hydroxyl groups excluding tert-OH is 1. The summed E-state index contributed by atoms with van der Waals surface area (Å²) in [5.41, 5.74) is 0.779. The molecule has 9 heteroatoms. The number of unbranched alkanes of at least 4 members (excludes halogenated alkanes) is 4. The van der Waals surface area contributed by atoms with Crippen molar-refractivity contribution in [1.82, 2.24) is 9.80 Å². The van der Waals surface area contributed by atoms with E-state index < -0.39 is 22.6 Å². The van der Waals surface area contributed by atoms with Crippen LogP contribution in [0.2, 0.25) is 0 Å². The predicted molar refractivity (Wildman–Crippen MR) is 170 cm³/mol. The van der Waals surface area contributed by atoms with Gasteiger partial charge in [0.05, 0.1) is 16.6 Å². The van der Waals surface area contributed by atoms with Crippen LogP contribution in [0.25, 0.3) is 0 Å². The fourth-order valence-electron chi connectivity index (χ4n) is 6.89. The van der Waals surface area contributed by atoms with Gasteiger partial charge in [-0.3, -0.25) is 14.4 Å². The lowest BCUT2D eigenvalue weighted by atomic mass is 9.70. The number of amides is 3. The smallest absolute Gasteiger partial charge is 0.247 e. The second-order valence-electron chi connectivity index (χ2n) is 11.3. The first-order valence-electron chi connectivity index (χ1n) is 15.0. The lowest BCUT2D eigenvalue weighted by molar-refractivity contribution is -0.142. The van der Waals surface area contributed by atoms with E-state index in [1.165, 1.54) is 0 Å². The van der Waals surface area contributed by atoms with E-state index in [4.69, 9.17) is 0 Å². The Morgan fingerprint density at radius 3 is 2.46 bits per heavy atom. The largest absolute Gasteiger partial charge is 0.396 e. The summed E-state index contributed by atoms with van der Waals surface area (Å²) in [6.07, 6.45) is 9.21. The Hall–Kier alpha value is -2.10. The van der Waals surface area contributed by atoms with Gasteiger partial charge in [0.25, 0.3) is 0 Å². The van der Waals surface area contributed by atoms with E-state index in [-0.39, 0.29) is 34.4 Å². The molecule has 3 amide bonds. The van der Waals surface area contributed by atoms with Gasteiger partial charge < -0.3 is 19.8 Å². The number of halogens is 1. The molecule has 3 heterocycles. The van der Waals surface area contributed by atoms with Crippen molar-refractivity contribution in [3.05, 3.63) is 55.6 Å². The average Bonchev–Trinajstić information content (AvgIpc) is 3.57. The van der Waals surface area contributed by atoms with E-state index in [0.29, 0.717) is 32.6 Å². The first-order chi connectivity index (χ1) is 19.9. The van der Waals surface area contributed by atoms with E-state index in [1.807, 2.05) is 40.1 Å². The summed E-state index contributed by atoms with van der Waals surface area (Å²) in [5, 5.41) is 9.10. The fourth-order valence-corrected chi connectivity index (χ4v) is 10.5. The van der Waals surface area contributed by atoms with Crippen molar-refractivity contribution in [1.29, 1.82) is 0 Å². The van der Waals surface area contributed by atoms with Crippen molar-refractivity contribution < 1.29 is 19.5 Å². The summed E-state index contributed by atoms with van der Waals surface area (Å²) >= 11 is 5.57. The molecule has 1 N–H and O–H groups in total. The van der Waals surface area contributed by atoms with Crippen LogP contribution in [0, 0.1) is 11.8 Å². The van der Waals surface area contributed by atoms with Crippen LogP contribution in [0.1, 0.15) is 51.9 Å². The Labute approximate surface area is 257 Å². The molecule has 3 fully saturated rings. The Morgan fingerprint density at radius 1 is 1.10 bits per heavy atom. The zero-order chi connectivity index (χ0) is 29.6. The maximum absolute atomic E-state index is 14.4. The van der Waals surface area contributed by atoms with Crippen molar-refractivity contribution in [2.75, 3.05) is 37.7 Å². The van der Waals surface area contributed by atoms with E-state index in [9.17, 15) is 19.5 Å². The molecular formula is C32H44BrN3O4S. The van der Waals surface area contributed by atoms with Crippen molar-refractivity contribution in [3.8, 4) is 0 Å². The number of hydrogen-bond acceptors (Lipinski definition) is 5. The minimum absolute atomic E-state index is 0.0233. The van der Waals surface area contributed by atoms with Gasteiger partial charge in [-0.25, -0.2) is 0 Å². The van der Waals surface area contributed by atoms with Gasteiger partial charge in [0.2, 0.25) is 17.7 Å². The van der Waals surface area contributed by atoms with Crippen LogP contribution in [-0.4, -0.2) is 86.3 Å². The number of aliphatic hydroxyl groups is 1. The Bertz CT molecular complexity index is 1100. The SMILES string of the molecule is C=CCN(CCCC)C(=O)C1N(CCCCCCO)C(=O)[C@@H]2[C@@H](C(=O)N(CC=C)c3ccccc3)[C@@H]3SC12CC3Br. The summed E-state index contributed by atoms with van der Waals surface area (Å²) in [7, 11) is 0. The number of hydrogen-bond donors (Lipinski definition) is 1. The third-order valence-electron chi connectivity index (χ3n) is 8.70. The molecule has 0 aliphatic carbocycles. The topological polar surface area (TPSA) is 81.2 Å². The summed E-state index contributed by atoms with van der Waals surface area (Å²) in [6.45, 7) is 11.9. The Morgan fingerprint density at radius 2 is 1.80 bits per heavy atom. The maximum atomic E-state index is 14.4. The second-order valence-corrected chi connectivity index (χ2v) is 14.0. The van der Waals surface area contributed by atoms with Gasteiger partial charge in [-0.15, -0.1) is 24.9 Å². The normalized spacial score (nSPS) is 28.0. The van der Waals surface area contributed by atoms with Crippen LogP contribution < -0.4 is 4.90 Å². The van der Waals surface area contributed by atoms with Crippen LogP contribution >= 0.6 is 27.7 Å². The number of anilines is 1. The number of fused-ring (bicyclic) bond motifs is 1. The van der Waals surface area contributed by atoms with Gasteiger partial charge in [0, 0.05) is 48.6 Å². The molecule has 0 aromatic heterocycles. The van der Waals surface area contributed by atoms with Gasteiger partial charge >= 0.3 is 0 Å². The predicted octanol–water partition coefficient (Wildman–Crippen LogP) is 5.04. The van der Waals surface area contributed by atoms with Crippen molar-refractivity contribution in [2.45, 2.75) is 72.7 Å². The molecule has 0 radical (unpaired) electrons. The van der Waals surface area contributed by atoms with Crippen LogP contribution in [0.5, 0.6) is 0 Å². The number of nitrogens with zero attached hydrogens (tertiary/aromatic N) is 3. The van der Waals surface area contributed by atoms with E-state index in [2.05, 4.69) is 36.0 Å². The number of likely N-dealkylation sites (tertiary alicyclic amines) is 1. The van der Waals surface area contributed by atoms with Crippen LogP contribution in [0.15, 0.2) is 55.6 Å². The zero-order valence-electron chi connectivity index (χ0n) is 24.1. The lowest BCUT2D eigenvalue weighted by Crippen LogP contribution is -2.56. The zero-order valence-corrected chi connectivity index (χ0v) is 26.5. The Kier molecular flexibility index (Phi) is 11.2. The number of alkyl halides is 1. The molecule has 3 aliphatic rings. The number of carbonyl (C=O) groups is 3. The molecule has 1 spiro atoms. The highest BCUT2D eigenvalue weighted by molar-refractivity contribution is 9.09. The lowest BCUT2D eigenvalue weighted by Gasteiger charge is -2.38. The molecule has 224 valence electrons. The van der Waals surface area contributed by atoms with E-state index in [1.54, 1.807) is 28.8 Å². The molecule has 3 aliphatic heterocycles. The van der Waals surface area contributed by atoms with Crippen LogP contribution in [-0.2, 0) is 14.4 Å². The summed E-state index contributed by atoms with van der Waals surface area (Å²) in [6, 6.07) is 8.92. The van der Waals surface area contributed by atoms with Crippen molar-refractivity contribution >= 4 is 51.1 Å². The van der Waals surface area contributed by atoms with Gasteiger partial charge in [-0.1, -0.05) is 72.5 Å². The van der Waals surface area contributed by atoms with Crippen LogP contribution in [0.4, 0.5) is 5.69 Å². The van der Waals surface area contributed by atoms with Crippen molar-refractivity contribution in [2.24, 2.45) is 11.8 Å². The van der Waals surface area contributed by atoms with Gasteiger partial charge in [0.15, 0.2) is 0 Å². The molecule has 0 saturated carbocycles. The van der Waals surface area contributed by atoms with E-state index >= 15 is 0 Å². The molecule has 1 aromatic rings. The van der Waals surface area contributed by atoms with Crippen molar-refractivity contribution in [3.63, 3.8) is 0 Å². The van der Waals surface area contributed by atoms with Gasteiger partial charge in [-0.05, 0) is 37.8 Å². The molecule has 7 nitrogen and oxygen atoms in total. The van der Waals surface area contributed by atoms with Crippen LogP contribution in [0.3, 0.4) is 0 Å². The average molecular weight is 647 g/mol. The first kappa shape index (κ1) is 31.8. The molecular weight excluding hydrogens is 602 g/mol. The third kappa shape index (κ3) is 6.18. The quantitative estimate of drug-likeness (QED) is 0.155. The number of para-hydroxylation sites is 1. The number of rotatable bonds is 16. The highest BCUT2D eigenvalue weighted by Crippen LogP contribution is 2.68. The maximum Gasteiger partial charge on any atom is 0.247 e. The summed E-state index contributed by atoms with van der Waals surface area (Å²) < 4.78 is -0.666. The first-order valence-corrected chi connectivity index (χ1v) is 16.8. The van der Waals surface area contributed by atoms with Gasteiger partial charge in [-0.2, -0.15) is 0 Å². The second kappa shape index (κ2) is 14.4. The number of carbonyl (C=O) groups excluding carboxylic acids is 3. The number of benzene rings is 1. The molecule has 1 aromatic carbocycles. The third-order valence-corrected chi connectivity index (χ3v) is 11.9. The minimum atomic E-state index is -0.666. The standard InChI is InChI=1S/C32H44BrN3O4S/c1-4-7-19-34(17-5-2)31(40)28-32-22-24(33)27(41-32)25(26(32)30(39)36(28)20-13-8-9-14-21-37)29(38)35(18-6-3)23-15-11-10-12-16-23/h5-6,10-12,15-16,24-28,37H,2-4,7-9,13-14,17-22H2,1H3/t24?,25-,26+,27-,28?,32?/m1/s1. The summed E-state index contributed by atoms with van der Waals surface area (Å²) in [4.78, 5) is 48.6.